The first-order valence-corrected chi connectivity index (χ1v) is 25.8. The second kappa shape index (κ2) is 16.6. The Morgan fingerprint density at radius 3 is 0.816 bits per heavy atom. The molecule has 0 atom stereocenters. The van der Waals surface area contributed by atoms with Crippen LogP contribution in [-0.4, -0.2) is 33.2 Å². The summed E-state index contributed by atoms with van der Waals surface area (Å²) in [7, 11) is 0. The summed E-state index contributed by atoms with van der Waals surface area (Å²) in [4.78, 5) is 17.9. The van der Waals surface area contributed by atoms with Gasteiger partial charge in [0.2, 0.25) is 0 Å². The summed E-state index contributed by atoms with van der Waals surface area (Å²) in [5.74, 6) is 1.49. The van der Waals surface area contributed by atoms with Gasteiger partial charge in [-0.05, 0) is 48.5 Å². The first-order chi connectivity index (χ1) is 37.8. The topological polar surface area (TPSA) is 58.4 Å². The van der Waals surface area contributed by atoms with E-state index in [1.807, 2.05) is 12.3 Å². The highest BCUT2D eigenvalue weighted by molar-refractivity contribution is 6.15. The smallest absolute Gasteiger partial charge is 0.165 e. The zero-order valence-corrected chi connectivity index (χ0v) is 41.0. The number of pyridine rings is 1. The Labute approximate surface area is 436 Å². The normalized spacial score (nSPS) is 11.9. The molecule has 0 saturated carbocycles. The van der Waals surface area contributed by atoms with Crippen LogP contribution < -0.4 is 0 Å². The van der Waals surface area contributed by atoms with Crippen LogP contribution in [-0.2, 0) is 0 Å². The number of rotatable bonds is 7. The summed E-state index contributed by atoms with van der Waals surface area (Å²) >= 11 is 0. The Morgan fingerprint density at radius 1 is 0.237 bits per heavy atom. The molecule has 0 aliphatic rings. The van der Waals surface area contributed by atoms with Gasteiger partial charge >= 0.3 is 0 Å². The number of aromatic nitrogens is 7. The van der Waals surface area contributed by atoms with Gasteiger partial charge in [-0.25, -0.2) is 9.97 Å². The van der Waals surface area contributed by atoms with Gasteiger partial charge in [-0.15, -0.1) is 0 Å². The van der Waals surface area contributed by atoms with E-state index >= 15 is 0 Å². The lowest BCUT2D eigenvalue weighted by Crippen LogP contribution is -2.16. The first-order valence-electron chi connectivity index (χ1n) is 25.8. The number of hydrogen-bond donors (Lipinski definition) is 0. The molecule has 16 aromatic rings. The van der Waals surface area contributed by atoms with E-state index in [9.17, 15) is 0 Å². The Balaban J connectivity index is 1.23. The Morgan fingerprint density at radius 2 is 0.500 bits per heavy atom. The molecule has 354 valence electrons. The minimum absolute atomic E-state index is 0.693. The number of nitrogens with zero attached hydrogens (tertiary/aromatic N) is 7. The molecule has 0 radical (unpaired) electrons. The highest BCUT2D eigenvalue weighted by Crippen LogP contribution is 2.49. The fraction of sp³-hybridized carbons (Fsp3) is 0. The van der Waals surface area contributed by atoms with Crippen molar-refractivity contribution in [2.75, 3.05) is 0 Å². The van der Waals surface area contributed by atoms with Crippen LogP contribution in [0.2, 0.25) is 0 Å². The van der Waals surface area contributed by atoms with Gasteiger partial charge in [-0.2, -0.15) is 0 Å². The van der Waals surface area contributed by atoms with Crippen molar-refractivity contribution in [2.45, 2.75) is 0 Å². The molecule has 0 aliphatic carbocycles. The molecule has 10 aromatic carbocycles. The summed E-state index contributed by atoms with van der Waals surface area (Å²) < 4.78 is 9.69. The van der Waals surface area contributed by atoms with Gasteiger partial charge in [0.1, 0.15) is 11.4 Å². The molecule has 0 fully saturated rings. The number of benzene rings is 10. The maximum absolute atomic E-state index is 6.37. The molecular formula is C69H43N7. The standard InChI is InChI=1S/C69H43N7/c1-3-23-44(24-4-1)64-65(45-25-5-2-6-26-45)71-54(43-70-64)63-66(73-55-35-15-7-27-46(55)47-28-8-16-36-56(47)73)68(75-59-39-19-11-31-50(59)51-32-12-20-40-60(51)75)72-69(76-61-41-21-13-33-52(61)53-34-14-22-42-62(53)76)67(63)74-57-37-17-9-29-48(57)49-30-10-18-38-58(49)74/h1-43H. The maximum Gasteiger partial charge on any atom is 0.165 e. The van der Waals surface area contributed by atoms with E-state index in [2.05, 4.69) is 267 Å². The predicted octanol–water partition coefficient (Wildman–Crippen LogP) is 17.3. The fourth-order valence-corrected chi connectivity index (χ4v) is 12.3. The minimum Gasteiger partial charge on any atom is -0.305 e. The quantitative estimate of drug-likeness (QED) is 0.160. The second-order valence-corrected chi connectivity index (χ2v) is 19.5. The highest BCUT2D eigenvalue weighted by atomic mass is 15.2. The molecule has 0 unspecified atom stereocenters. The Hall–Kier alpha value is -10.4. The number of hydrogen-bond acceptors (Lipinski definition) is 3. The van der Waals surface area contributed by atoms with Crippen LogP contribution in [0.3, 0.4) is 0 Å². The van der Waals surface area contributed by atoms with Gasteiger partial charge in [-0.3, -0.25) is 14.1 Å². The van der Waals surface area contributed by atoms with E-state index in [-0.39, 0.29) is 0 Å². The minimum atomic E-state index is 0.693. The van der Waals surface area contributed by atoms with E-state index in [1.54, 1.807) is 0 Å². The average molecular weight is 970 g/mol. The third-order valence-corrected chi connectivity index (χ3v) is 15.4. The summed E-state index contributed by atoms with van der Waals surface area (Å²) in [6.07, 6.45) is 2.00. The second-order valence-electron chi connectivity index (χ2n) is 19.5. The molecule has 0 N–H and O–H groups in total. The van der Waals surface area contributed by atoms with Crippen LogP contribution in [0.4, 0.5) is 0 Å². The first kappa shape index (κ1) is 42.2. The molecule has 0 spiro atoms. The Kier molecular flexibility index (Phi) is 9.20. The van der Waals surface area contributed by atoms with Crippen LogP contribution in [0.15, 0.2) is 261 Å². The van der Waals surface area contributed by atoms with Crippen LogP contribution in [0, 0.1) is 0 Å². The summed E-state index contributed by atoms with van der Waals surface area (Å²) in [6, 6.07) is 91.0. The molecule has 6 heterocycles. The van der Waals surface area contributed by atoms with Crippen LogP contribution in [0.1, 0.15) is 0 Å². The summed E-state index contributed by atoms with van der Waals surface area (Å²) in [6.45, 7) is 0. The Bertz CT molecular complexity index is 4540. The number of para-hydroxylation sites is 8. The lowest BCUT2D eigenvalue weighted by molar-refractivity contribution is 0.958. The van der Waals surface area contributed by atoms with E-state index in [1.165, 1.54) is 0 Å². The third kappa shape index (κ3) is 6.08. The molecule has 76 heavy (non-hydrogen) atoms. The lowest BCUT2D eigenvalue weighted by Gasteiger charge is -2.26. The zero-order valence-electron chi connectivity index (χ0n) is 41.0. The third-order valence-electron chi connectivity index (χ3n) is 15.4. The predicted molar refractivity (Wildman–Crippen MR) is 313 cm³/mol. The largest absolute Gasteiger partial charge is 0.305 e. The van der Waals surface area contributed by atoms with E-state index in [0.29, 0.717) is 5.69 Å². The molecule has 7 heteroatoms. The molecule has 16 rings (SSSR count). The van der Waals surface area contributed by atoms with Crippen molar-refractivity contribution in [3.63, 3.8) is 0 Å². The van der Waals surface area contributed by atoms with Crippen molar-refractivity contribution >= 4 is 87.2 Å². The van der Waals surface area contributed by atoms with Crippen molar-refractivity contribution in [1.82, 2.24) is 33.2 Å². The van der Waals surface area contributed by atoms with E-state index in [4.69, 9.17) is 15.0 Å². The fourth-order valence-electron chi connectivity index (χ4n) is 12.3. The van der Waals surface area contributed by atoms with Crippen molar-refractivity contribution in [2.24, 2.45) is 0 Å². The molecule has 0 amide bonds. The number of fused-ring (bicyclic) bond motifs is 12. The molecule has 7 nitrogen and oxygen atoms in total. The monoisotopic (exact) mass is 969 g/mol. The van der Waals surface area contributed by atoms with Gasteiger partial charge in [0, 0.05) is 54.2 Å². The molecule has 0 aliphatic heterocycles. The molecule has 0 saturated heterocycles. The summed E-state index contributed by atoms with van der Waals surface area (Å²) in [5, 5.41) is 9.09. The van der Waals surface area contributed by atoms with Crippen LogP contribution >= 0.6 is 0 Å². The van der Waals surface area contributed by atoms with Crippen molar-refractivity contribution in [3.8, 4) is 56.8 Å². The molecular weight excluding hydrogens is 927 g/mol. The van der Waals surface area contributed by atoms with Gasteiger partial charge in [0.15, 0.2) is 11.6 Å². The van der Waals surface area contributed by atoms with Crippen LogP contribution in [0.25, 0.3) is 144 Å². The van der Waals surface area contributed by atoms with Gasteiger partial charge in [0.25, 0.3) is 0 Å². The van der Waals surface area contributed by atoms with Crippen molar-refractivity contribution < 1.29 is 0 Å². The zero-order chi connectivity index (χ0) is 49.8. The average Bonchev–Trinajstić information content (AvgIpc) is 4.38. The highest BCUT2D eigenvalue weighted by Gasteiger charge is 2.33. The van der Waals surface area contributed by atoms with Crippen LogP contribution in [0.5, 0.6) is 0 Å². The summed E-state index contributed by atoms with van der Waals surface area (Å²) in [5.41, 5.74) is 15.2. The lowest BCUT2D eigenvalue weighted by atomic mass is 10.0. The van der Waals surface area contributed by atoms with Crippen molar-refractivity contribution in [3.05, 3.63) is 261 Å². The van der Waals surface area contributed by atoms with E-state index in [0.717, 1.165) is 138 Å². The van der Waals surface area contributed by atoms with Gasteiger partial charge in [-0.1, -0.05) is 206 Å². The molecule has 0 bridgehead atoms. The van der Waals surface area contributed by atoms with Gasteiger partial charge < -0.3 is 9.13 Å². The van der Waals surface area contributed by atoms with Gasteiger partial charge in [0.05, 0.1) is 73.0 Å². The van der Waals surface area contributed by atoms with Crippen molar-refractivity contribution in [1.29, 1.82) is 0 Å². The SMILES string of the molecule is c1ccc(-c2ncc(-c3c(-n4c5ccccc5c5ccccc54)c(-n4c5ccccc5c5ccccc54)nc(-n4c5ccccc5c5ccccc54)c3-n3c4ccccc4c4ccccc43)nc2-c2ccccc2)cc1. The maximum atomic E-state index is 6.37. The van der Waals surface area contributed by atoms with E-state index < -0.39 is 0 Å². The molecule has 6 aromatic heterocycles.